The van der Waals surface area contributed by atoms with Gasteiger partial charge >= 0.3 is 0 Å². The summed E-state index contributed by atoms with van der Waals surface area (Å²) in [4.78, 5) is 11.9. The van der Waals surface area contributed by atoms with E-state index in [2.05, 4.69) is 17.6 Å². The highest BCUT2D eigenvalue weighted by Gasteiger charge is 2.24. The number of hydrogen-bond acceptors (Lipinski definition) is 4. The quantitative estimate of drug-likeness (QED) is 0.531. The molecule has 5 nitrogen and oxygen atoms in total. The first-order valence-electron chi connectivity index (χ1n) is 9.32. The van der Waals surface area contributed by atoms with Crippen molar-refractivity contribution in [3.63, 3.8) is 0 Å². The smallest absolute Gasteiger partial charge is 0.225 e. The van der Waals surface area contributed by atoms with Crippen molar-refractivity contribution in [3.8, 4) is 5.75 Å². The zero-order chi connectivity index (χ0) is 18.5. The number of rotatable bonds is 13. The van der Waals surface area contributed by atoms with Crippen LogP contribution in [0.1, 0.15) is 47.0 Å². The molecule has 1 aromatic rings. The third-order valence-corrected chi connectivity index (χ3v) is 4.21. The van der Waals surface area contributed by atoms with Gasteiger partial charge in [-0.15, -0.1) is 0 Å². The fourth-order valence-electron chi connectivity index (χ4n) is 2.04. The molecule has 0 fully saturated rings. The summed E-state index contributed by atoms with van der Waals surface area (Å²) in [5.74, 6) is 0.970. The third-order valence-electron chi connectivity index (χ3n) is 4.21. The molecular weight excluding hydrogens is 316 g/mol. The van der Waals surface area contributed by atoms with Crippen LogP contribution in [0.5, 0.6) is 5.75 Å². The molecule has 0 aliphatic carbocycles. The summed E-state index contributed by atoms with van der Waals surface area (Å²) in [6.45, 7) is 11.2. The van der Waals surface area contributed by atoms with Gasteiger partial charge in [-0.05, 0) is 25.0 Å². The maximum atomic E-state index is 11.9. The first-order valence-corrected chi connectivity index (χ1v) is 9.32. The number of amides is 1. The minimum absolute atomic E-state index is 0.0802. The molecule has 1 rings (SSSR count). The van der Waals surface area contributed by atoms with Gasteiger partial charge in [0.15, 0.2) is 0 Å². The van der Waals surface area contributed by atoms with Crippen LogP contribution in [0.25, 0.3) is 0 Å². The van der Waals surface area contributed by atoms with Crippen molar-refractivity contribution in [2.45, 2.75) is 47.0 Å². The van der Waals surface area contributed by atoms with Crippen LogP contribution in [0, 0.1) is 5.41 Å². The highest BCUT2D eigenvalue weighted by Crippen LogP contribution is 2.19. The molecule has 2 N–H and O–H groups in total. The van der Waals surface area contributed by atoms with Crippen LogP contribution in [0.4, 0.5) is 5.69 Å². The van der Waals surface area contributed by atoms with E-state index in [1.807, 2.05) is 45.0 Å². The average Bonchev–Trinajstić information content (AvgIpc) is 2.61. The predicted molar refractivity (Wildman–Crippen MR) is 103 cm³/mol. The van der Waals surface area contributed by atoms with E-state index in [9.17, 15) is 4.79 Å². The van der Waals surface area contributed by atoms with E-state index in [-0.39, 0.29) is 11.3 Å². The van der Waals surface area contributed by atoms with Crippen LogP contribution in [-0.2, 0) is 9.53 Å². The van der Waals surface area contributed by atoms with Gasteiger partial charge in [0.25, 0.3) is 0 Å². The molecule has 1 amide bonds. The molecule has 0 unspecified atom stereocenters. The lowest BCUT2D eigenvalue weighted by molar-refractivity contribution is -0.129. The van der Waals surface area contributed by atoms with Gasteiger partial charge in [0, 0.05) is 30.3 Å². The Morgan fingerprint density at radius 3 is 2.60 bits per heavy atom. The van der Waals surface area contributed by atoms with Crippen molar-refractivity contribution in [2.75, 3.05) is 38.2 Å². The zero-order valence-electron chi connectivity index (χ0n) is 16.2. The number of benzene rings is 1. The molecule has 0 saturated heterocycles. The van der Waals surface area contributed by atoms with Crippen LogP contribution >= 0.6 is 0 Å². The Kier molecular flexibility index (Phi) is 10.0. The van der Waals surface area contributed by atoms with Gasteiger partial charge in [-0.3, -0.25) is 4.79 Å². The maximum Gasteiger partial charge on any atom is 0.225 e. The molecule has 0 aromatic heterocycles. The van der Waals surface area contributed by atoms with Crippen LogP contribution in [0.2, 0.25) is 0 Å². The molecule has 0 radical (unpaired) electrons. The molecule has 5 heteroatoms. The van der Waals surface area contributed by atoms with Crippen molar-refractivity contribution in [1.29, 1.82) is 0 Å². The summed E-state index contributed by atoms with van der Waals surface area (Å²) in [5.41, 5.74) is 0.710. The fourth-order valence-corrected chi connectivity index (χ4v) is 2.04. The highest BCUT2D eigenvalue weighted by molar-refractivity contribution is 5.81. The summed E-state index contributed by atoms with van der Waals surface area (Å²) in [6.07, 6.45) is 3.02. The lowest BCUT2D eigenvalue weighted by Crippen LogP contribution is -2.38. The summed E-state index contributed by atoms with van der Waals surface area (Å²) in [7, 11) is 0. The normalized spacial score (nSPS) is 11.2. The zero-order valence-corrected chi connectivity index (χ0v) is 16.2. The van der Waals surface area contributed by atoms with Crippen molar-refractivity contribution in [2.24, 2.45) is 5.41 Å². The highest BCUT2D eigenvalue weighted by atomic mass is 16.5. The largest absolute Gasteiger partial charge is 0.494 e. The minimum atomic E-state index is -0.314. The van der Waals surface area contributed by atoms with E-state index in [4.69, 9.17) is 9.47 Å². The van der Waals surface area contributed by atoms with E-state index in [1.165, 1.54) is 0 Å². The van der Waals surface area contributed by atoms with Crippen molar-refractivity contribution >= 4 is 11.6 Å². The summed E-state index contributed by atoms with van der Waals surface area (Å²) < 4.78 is 11.2. The number of carbonyl (C=O) groups excluding carboxylic acids is 1. The lowest BCUT2D eigenvalue weighted by Gasteiger charge is -2.21. The average molecular weight is 351 g/mol. The van der Waals surface area contributed by atoms with Crippen molar-refractivity contribution in [1.82, 2.24) is 5.32 Å². The number of hydrogen-bond donors (Lipinski definition) is 2. The number of unbranched alkanes of at least 4 members (excludes halogenated alkanes) is 1. The molecule has 0 spiro atoms. The first kappa shape index (κ1) is 21.3. The van der Waals surface area contributed by atoms with Gasteiger partial charge in [0.1, 0.15) is 5.75 Å². The third kappa shape index (κ3) is 8.77. The molecular formula is C20H34N2O3. The molecule has 142 valence electrons. The molecule has 25 heavy (non-hydrogen) atoms. The minimum Gasteiger partial charge on any atom is -0.494 e. The van der Waals surface area contributed by atoms with Crippen LogP contribution in [-0.4, -0.2) is 38.8 Å². The molecule has 0 aliphatic heterocycles. The Bertz CT molecular complexity index is 503. The maximum absolute atomic E-state index is 11.9. The standard InChI is InChI=1S/C20H34N2O3/c1-5-7-13-25-18-10-8-9-17(16-18)21-11-14-24-15-12-22-19(23)20(3,4)6-2/h8-10,16,21H,5-7,11-15H2,1-4H3,(H,22,23). The van der Waals surface area contributed by atoms with Gasteiger partial charge in [-0.1, -0.05) is 40.2 Å². The van der Waals surface area contributed by atoms with Crippen molar-refractivity contribution in [3.05, 3.63) is 24.3 Å². The van der Waals surface area contributed by atoms with E-state index in [1.54, 1.807) is 0 Å². The fraction of sp³-hybridized carbons (Fsp3) is 0.650. The first-order chi connectivity index (χ1) is 12.0. The molecule has 1 aromatic carbocycles. The number of anilines is 1. The van der Waals surface area contributed by atoms with E-state index in [0.717, 1.165) is 37.3 Å². The van der Waals surface area contributed by atoms with Gasteiger partial charge in [-0.2, -0.15) is 0 Å². The summed E-state index contributed by atoms with van der Waals surface area (Å²) in [6, 6.07) is 7.97. The van der Waals surface area contributed by atoms with Crippen LogP contribution < -0.4 is 15.4 Å². The van der Waals surface area contributed by atoms with Crippen molar-refractivity contribution < 1.29 is 14.3 Å². The van der Waals surface area contributed by atoms with E-state index in [0.29, 0.717) is 26.3 Å². The Hall–Kier alpha value is -1.75. The molecule has 0 heterocycles. The topological polar surface area (TPSA) is 59.6 Å². The predicted octanol–water partition coefficient (Wildman–Crippen LogP) is 3.85. The summed E-state index contributed by atoms with van der Waals surface area (Å²) in [5, 5.41) is 6.23. The Morgan fingerprint density at radius 1 is 1.12 bits per heavy atom. The van der Waals surface area contributed by atoms with Crippen LogP contribution in [0.3, 0.4) is 0 Å². The Morgan fingerprint density at radius 2 is 1.88 bits per heavy atom. The SMILES string of the molecule is CCCCOc1cccc(NCCOCCNC(=O)C(C)(C)CC)c1. The second-order valence-electron chi connectivity index (χ2n) is 6.76. The Labute approximate surface area is 152 Å². The van der Waals surface area contributed by atoms with Gasteiger partial charge < -0.3 is 20.1 Å². The number of carbonyl (C=O) groups is 1. The molecule has 0 saturated carbocycles. The second kappa shape index (κ2) is 11.7. The molecule has 0 bridgehead atoms. The van der Waals surface area contributed by atoms with Gasteiger partial charge in [-0.25, -0.2) is 0 Å². The van der Waals surface area contributed by atoms with Gasteiger partial charge in [0.2, 0.25) is 5.91 Å². The number of nitrogens with one attached hydrogen (secondary N) is 2. The monoisotopic (exact) mass is 350 g/mol. The summed E-state index contributed by atoms with van der Waals surface area (Å²) >= 11 is 0. The second-order valence-corrected chi connectivity index (χ2v) is 6.76. The van der Waals surface area contributed by atoms with E-state index >= 15 is 0 Å². The van der Waals surface area contributed by atoms with Crippen LogP contribution in [0.15, 0.2) is 24.3 Å². The van der Waals surface area contributed by atoms with E-state index < -0.39 is 0 Å². The Balaban J connectivity index is 2.13. The van der Waals surface area contributed by atoms with Gasteiger partial charge in [0.05, 0.1) is 19.8 Å². The lowest BCUT2D eigenvalue weighted by atomic mass is 9.89. The number of ether oxygens (including phenoxy) is 2. The molecule has 0 atom stereocenters. The molecule has 0 aliphatic rings.